The van der Waals surface area contributed by atoms with Gasteiger partial charge in [-0.05, 0) is 0 Å². The van der Waals surface area contributed by atoms with Crippen molar-refractivity contribution in [1.29, 1.82) is 0 Å². The van der Waals surface area contributed by atoms with Gasteiger partial charge in [0.05, 0.1) is 0 Å². The normalized spacial score (nSPS) is 17.7. The summed E-state index contributed by atoms with van der Waals surface area (Å²) in [6.07, 6.45) is -7.83. The number of halogens is 17. The maximum atomic E-state index is 13.0. The number of hydrogen-bond donors (Lipinski definition) is 1. The minimum Gasteiger partial charge on any atom is -0.804 e. The highest BCUT2D eigenvalue weighted by Crippen LogP contribution is 2.66. The maximum absolute atomic E-state index is 13.0. The topological polar surface area (TPSA) is 43.3 Å². The molecule has 1 unspecified atom stereocenters. The van der Waals surface area contributed by atoms with Gasteiger partial charge in [0.15, 0.2) is 0 Å². The summed E-state index contributed by atoms with van der Waals surface area (Å²) >= 11 is 0. The average molecular weight is 483 g/mol. The van der Waals surface area contributed by atoms with Gasteiger partial charge < -0.3 is 9.79 Å². The molecule has 0 aliphatic rings. The number of rotatable bonds is 7. The van der Waals surface area contributed by atoms with E-state index >= 15 is 0 Å². The molecule has 0 aromatic rings. The third-order valence-corrected chi connectivity index (χ3v) is 3.71. The molecule has 0 fully saturated rings. The summed E-state index contributed by atoms with van der Waals surface area (Å²) in [6, 6.07) is 0. The lowest BCUT2D eigenvalue weighted by atomic mass is 9.91. The van der Waals surface area contributed by atoms with E-state index < -0.39 is 55.8 Å². The van der Waals surface area contributed by atoms with Gasteiger partial charge in [-0.25, -0.2) is 0 Å². The standard InChI is InChI=1S/C8HF17O2P/c9-1(10,3(13,14)5(17,18)7(21,22)23)2(11,12)4(15,16)6(19,20)8(24,25)28(26)27/h26H/q-1. The zero-order chi connectivity index (χ0) is 23.6. The highest BCUT2D eigenvalue weighted by Gasteiger charge is 2.95. The fraction of sp³-hybridized carbons (Fsp3) is 1.00. The van der Waals surface area contributed by atoms with E-state index in [1.807, 2.05) is 0 Å². The van der Waals surface area contributed by atoms with Crippen LogP contribution in [0.25, 0.3) is 0 Å². The molecule has 1 atom stereocenters. The fourth-order valence-corrected chi connectivity index (χ4v) is 1.66. The third kappa shape index (κ3) is 3.16. The lowest BCUT2D eigenvalue weighted by molar-refractivity contribution is -0.459. The second kappa shape index (κ2) is 6.58. The van der Waals surface area contributed by atoms with Gasteiger partial charge in [0.25, 0.3) is 0 Å². The molecule has 0 amide bonds. The quantitative estimate of drug-likeness (QED) is 0.425. The minimum atomic E-state index is -8.75. The van der Waals surface area contributed by atoms with Gasteiger partial charge in [0.2, 0.25) is 0 Å². The Kier molecular flexibility index (Phi) is 6.38. The van der Waals surface area contributed by atoms with Crippen molar-refractivity contribution in [1.82, 2.24) is 0 Å². The van der Waals surface area contributed by atoms with E-state index in [-0.39, 0.29) is 0 Å². The average Bonchev–Trinajstić information content (AvgIpc) is 2.44. The monoisotopic (exact) mass is 483 g/mol. The first kappa shape index (κ1) is 27.2. The van der Waals surface area contributed by atoms with Crippen LogP contribution in [0.15, 0.2) is 0 Å². The SMILES string of the molecule is [O-]P(O)C(F)(F)C(F)(F)C(F)(F)C(F)(F)C(F)(F)C(F)(F)C(F)(F)C(F)(F)F. The summed E-state index contributed by atoms with van der Waals surface area (Å²) in [5, 5.41) is 0. The van der Waals surface area contributed by atoms with Crippen LogP contribution >= 0.6 is 8.38 Å². The Morgan fingerprint density at radius 2 is 0.643 bits per heavy atom. The summed E-state index contributed by atoms with van der Waals surface area (Å²) in [5.74, 6) is -51.0. The summed E-state index contributed by atoms with van der Waals surface area (Å²) in [7, 11) is -5.96. The molecule has 0 spiro atoms. The van der Waals surface area contributed by atoms with Crippen LogP contribution in [-0.2, 0) is 0 Å². The van der Waals surface area contributed by atoms with E-state index in [0.717, 1.165) is 0 Å². The van der Waals surface area contributed by atoms with Crippen LogP contribution in [0.3, 0.4) is 0 Å². The second-order valence-electron chi connectivity index (χ2n) is 4.76. The molecule has 0 aromatic heterocycles. The molecule has 1 N–H and O–H groups in total. The van der Waals surface area contributed by atoms with Crippen molar-refractivity contribution in [2.45, 2.75) is 47.4 Å². The first-order valence-electron chi connectivity index (χ1n) is 5.57. The Bertz CT molecular complexity index is 578. The minimum absolute atomic E-state index is 5.96. The lowest BCUT2D eigenvalue weighted by Gasteiger charge is -2.44. The Balaban J connectivity index is 6.72. The van der Waals surface area contributed by atoms with E-state index in [2.05, 4.69) is 0 Å². The number of alkyl halides is 17. The van der Waals surface area contributed by atoms with Crippen molar-refractivity contribution in [3.05, 3.63) is 0 Å². The fourth-order valence-electron chi connectivity index (χ4n) is 1.28. The molecule has 0 saturated carbocycles. The molecule has 0 heterocycles. The molecule has 2 nitrogen and oxygen atoms in total. The van der Waals surface area contributed by atoms with Gasteiger partial charge >= 0.3 is 47.4 Å². The van der Waals surface area contributed by atoms with E-state index in [9.17, 15) is 79.5 Å². The van der Waals surface area contributed by atoms with Crippen LogP contribution in [-0.4, -0.2) is 52.3 Å². The van der Waals surface area contributed by atoms with Gasteiger partial charge in [-0.1, -0.05) is 0 Å². The van der Waals surface area contributed by atoms with Crippen LogP contribution in [0, 0.1) is 0 Å². The van der Waals surface area contributed by atoms with E-state index in [0.29, 0.717) is 0 Å². The van der Waals surface area contributed by atoms with Crippen molar-refractivity contribution in [2.24, 2.45) is 0 Å². The van der Waals surface area contributed by atoms with Gasteiger partial charge in [0, 0.05) is 8.38 Å². The molecule has 0 saturated heterocycles. The van der Waals surface area contributed by atoms with E-state index in [1.54, 1.807) is 0 Å². The lowest BCUT2D eigenvalue weighted by Crippen LogP contribution is -2.74. The summed E-state index contributed by atoms with van der Waals surface area (Å²) in [6.45, 7) is 0. The van der Waals surface area contributed by atoms with E-state index in [1.165, 1.54) is 0 Å². The molecule has 28 heavy (non-hydrogen) atoms. The van der Waals surface area contributed by atoms with Crippen LogP contribution < -0.4 is 4.89 Å². The van der Waals surface area contributed by atoms with Crippen molar-refractivity contribution >= 4 is 8.38 Å². The van der Waals surface area contributed by atoms with Crippen LogP contribution in [0.4, 0.5) is 74.6 Å². The highest BCUT2D eigenvalue weighted by atomic mass is 31.2. The Hall–Kier alpha value is -0.840. The molecule has 0 aliphatic carbocycles. The third-order valence-electron chi connectivity index (χ3n) is 2.95. The molecule has 0 rings (SSSR count). The molecule has 20 heteroatoms. The van der Waals surface area contributed by atoms with Crippen LogP contribution in [0.2, 0.25) is 0 Å². The molecule has 0 aliphatic heterocycles. The van der Waals surface area contributed by atoms with Crippen molar-refractivity contribution in [3.8, 4) is 0 Å². The molecule has 0 bridgehead atoms. The number of hydrogen-bond acceptors (Lipinski definition) is 2. The Morgan fingerprint density at radius 1 is 0.429 bits per heavy atom. The van der Waals surface area contributed by atoms with Crippen molar-refractivity contribution < 1.29 is 84.4 Å². The molecule has 0 radical (unpaired) electrons. The zero-order valence-electron chi connectivity index (χ0n) is 11.7. The summed E-state index contributed by atoms with van der Waals surface area (Å²) in [4.78, 5) is 17.7. The van der Waals surface area contributed by atoms with Gasteiger partial charge in [-0.3, -0.25) is 0 Å². The van der Waals surface area contributed by atoms with Crippen LogP contribution in [0.1, 0.15) is 0 Å². The Morgan fingerprint density at radius 3 is 0.857 bits per heavy atom. The smallest absolute Gasteiger partial charge is 0.460 e. The van der Waals surface area contributed by atoms with Gasteiger partial charge in [-0.15, -0.1) is 0 Å². The predicted molar refractivity (Wildman–Crippen MR) is 49.8 cm³/mol. The second-order valence-corrected chi connectivity index (χ2v) is 5.87. The highest BCUT2D eigenvalue weighted by molar-refractivity contribution is 7.45. The summed E-state index contributed by atoms with van der Waals surface area (Å²) < 4.78 is 214. The first-order chi connectivity index (χ1) is 11.7. The maximum Gasteiger partial charge on any atom is 0.460 e. The molecular weight excluding hydrogens is 482 g/mol. The van der Waals surface area contributed by atoms with Crippen molar-refractivity contribution in [3.63, 3.8) is 0 Å². The van der Waals surface area contributed by atoms with Gasteiger partial charge in [-0.2, -0.15) is 74.6 Å². The van der Waals surface area contributed by atoms with Crippen molar-refractivity contribution in [2.75, 3.05) is 0 Å². The van der Waals surface area contributed by atoms with Crippen LogP contribution in [0.5, 0.6) is 0 Å². The molecule has 170 valence electrons. The first-order valence-corrected chi connectivity index (χ1v) is 6.78. The zero-order valence-corrected chi connectivity index (χ0v) is 12.6. The molecular formula is C8HF17O2P-. The summed E-state index contributed by atoms with van der Waals surface area (Å²) in [5.41, 5.74) is -7.24. The van der Waals surface area contributed by atoms with E-state index in [4.69, 9.17) is 4.89 Å². The van der Waals surface area contributed by atoms with Gasteiger partial charge in [0.1, 0.15) is 0 Å². The Labute approximate surface area is 141 Å². The largest absolute Gasteiger partial charge is 0.804 e. The predicted octanol–water partition coefficient (Wildman–Crippen LogP) is 4.62. The molecule has 0 aromatic carbocycles.